The zero-order chi connectivity index (χ0) is 13.4. The molecule has 5 nitrogen and oxygen atoms in total. The Bertz CT molecular complexity index is 590. The van der Waals surface area contributed by atoms with Gasteiger partial charge in [0.25, 0.3) is 0 Å². The number of rotatable bonds is 2. The molecule has 102 valence electrons. The fourth-order valence-electron chi connectivity index (χ4n) is 2.46. The highest BCUT2D eigenvalue weighted by atomic mass is 32.1. The molecule has 19 heavy (non-hydrogen) atoms. The summed E-state index contributed by atoms with van der Waals surface area (Å²) in [5.74, 6) is 1.65. The average molecular weight is 278 g/mol. The molecule has 2 aromatic heterocycles. The van der Waals surface area contributed by atoms with Gasteiger partial charge >= 0.3 is 0 Å². The second-order valence-corrected chi connectivity index (χ2v) is 6.15. The number of aryl methyl sites for hydroxylation is 1. The van der Waals surface area contributed by atoms with Gasteiger partial charge in [0.2, 0.25) is 5.95 Å². The molecule has 1 saturated heterocycles. The van der Waals surface area contributed by atoms with Crippen LogP contribution in [0.25, 0.3) is 10.2 Å². The lowest BCUT2D eigenvalue weighted by atomic mass is 10.1. The van der Waals surface area contributed by atoms with Crippen LogP contribution in [0.1, 0.15) is 17.7 Å². The summed E-state index contributed by atoms with van der Waals surface area (Å²) in [6.45, 7) is 3.80. The number of nitrogens with one attached hydrogen (secondary N) is 1. The average Bonchev–Trinajstić information content (AvgIpc) is 2.78. The van der Waals surface area contributed by atoms with E-state index >= 15 is 0 Å². The van der Waals surface area contributed by atoms with E-state index in [0.717, 1.165) is 42.0 Å². The predicted octanol–water partition coefficient (Wildman–Crippen LogP) is 2.00. The molecule has 2 aromatic rings. The topological polar surface area (TPSA) is 61.3 Å². The first-order valence-corrected chi connectivity index (χ1v) is 7.38. The second-order valence-electron chi connectivity index (χ2n) is 4.91. The molecule has 2 N–H and O–H groups in total. The summed E-state index contributed by atoms with van der Waals surface area (Å²) >= 11 is 1.69. The molecule has 1 fully saturated rings. The van der Waals surface area contributed by atoms with Crippen molar-refractivity contribution < 1.29 is 5.11 Å². The van der Waals surface area contributed by atoms with Crippen LogP contribution in [0, 0.1) is 6.92 Å². The van der Waals surface area contributed by atoms with Crippen molar-refractivity contribution in [3.05, 3.63) is 10.9 Å². The van der Waals surface area contributed by atoms with Crippen molar-refractivity contribution in [2.45, 2.75) is 25.9 Å². The van der Waals surface area contributed by atoms with Gasteiger partial charge in [0.05, 0.1) is 11.5 Å². The first-order valence-electron chi connectivity index (χ1n) is 6.56. The van der Waals surface area contributed by atoms with Gasteiger partial charge in [-0.25, -0.2) is 4.98 Å². The quantitative estimate of drug-likeness (QED) is 0.880. The molecule has 0 aromatic carbocycles. The maximum Gasteiger partial charge on any atom is 0.225 e. The fourth-order valence-corrected chi connectivity index (χ4v) is 3.33. The Balaban J connectivity index is 2.05. The van der Waals surface area contributed by atoms with E-state index in [0.29, 0.717) is 5.95 Å². The third kappa shape index (κ3) is 2.37. The van der Waals surface area contributed by atoms with Crippen LogP contribution in [-0.2, 0) is 0 Å². The van der Waals surface area contributed by atoms with E-state index in [1.807, 2.05) is 7.05 Å². The molecule has 3 heterocycles. The number of aliphatic hydroxyl groups excluding tert-OH is 1. The van der Waals surface area contributed by atoms with E-state index in [1.165, 1.54) is 4.88 Å². The highest BCUT2D eigenvalue weighted by Gasteiger charge is 2.21. The zero-order valence-electron chi connectivity index (χ0n) is 11.2. The zero-order valence-corrected chi connectivity index (χ0v) is 12.0. The first-order chi connectivity index (χ1) is 9.17. The van der Waals surface area contributed by atoms with Gasteiger partial charge in [-0.1, -0.05) is 0 Å². The molecule has 3 rings (SSSR count). The summed E-state index contributed by atoms with van der Waals surface area (Å²) in [7, 11) is 1.84. The minimum atomic E-state index is -0.165. The smallest absolute Gasteiger partial charge is 0.225 e. The fraction of sp³-hybridized carbons (Fsp3) is 0.538. The number of aromatic nitrogens is 2. The molecule has 0 aliphatic carbocycles. The van der Waals surface area contributed by atoms with Crippen LogP contribution in [0.4, 0.5) is 11.8 Å². The van der Waals surface area contributed by atoms with Crippen LogP contribution >= 0.6 is 11.3 Å². The number of hydrogen-bond donors (Lipinski definition) is 2. The van der Waals surface area contributed by atoms with Crippen LogP contribution in [-0.4, -0.2) is 41.3 Å². The SMILES string of the molecule is CNc1nc(N2CCC(O)CC2)c2cc(C)sc2n1. The Hall–Kier alpha value is -1.40. The summed E-state index contributed by atoms with van der Waals surface area (Å²) in [6, 6.07) is 2.15. The molecule has 0 amide bonds. The van der Waals surface area contributed by atoms with Gasteiger partial charge in [0.15, 0.2) is 0 Å². The van der Waals surface area contributed by atoms with Crippen LogP contribution in [0.2, 0.25) is 0 Å². The first kappa shape index (κ1) is 12.6. The molecule has 0 spiro atoms. The van der Waals surface area contributed by atoms with Crippen LogP contribution in [0.5, 0.6) is 0 Å². The minimum Gasteiger partial charge on any atom is -0.393 e. The second kappa shape index (κ2) is 4.94. The van der Waals surface area contributed by atoms with Crippen molar-refractivity contribution in [1.82, 2.24) is 9.97 Å². The maximum atomic E-state index is 9.62. The highest BCUT2D eigenvalue weighted by Crippen LogP contribution is 2.32. The van der Waals surface area contributed by atoms with Crippen molar-refractivity contribution >= 4 is 33.3 Å². The normalized spacial score (nSPS) is 17.1. The number of nitrogens with zero attached hydrogens (tertiary/aromatic N) is 3. The lowest BCUT2D eigenvalue weighted by Gasteiger charge is -2.31. The molecule has 0 radical (unpaired) electrons. The van der Waals surface area contributed by atoms with E-state index in [1.54, 1.807) is 11.3 Å². The number of piperidine rings is 1. The van der Waals surface area contributed by atoms with Gasteiger partial charge in [-0.2, -0.15) is 4.98 Å². The van der Waals surface area contributed by atoms with E-state index in [-0.39, 0.29) is 6.10 Å². The minimum absolute atomic E-state index is 0.165. The highest BCUT2D eigenvalue weighted by molar-refractivity contribution is 7.18. The van der Waals surface area contributed by atoms with E-state index in [9.17, 15) is 5.11 Å². The monoisotopic (exact) mass is 278 g/mol. The Labute approximate surface area is 116 Å². The Morgan fingerprint density at radius 2 is 2.11 bits per heavy atom. The molecule has 1 aliphatic rings. The van der Waals surface area contributed by atoms with E-state index in [4.69, 9.17) is 0 Å². The molecule has 0 bridgehead atoms. The van der Waals surface area contributed by atoms with Gasteiger partial charge in [0.1, 0.15) is 10.6 Å². The molecule has 0 atom stereocenters. The van der Waals surface area contributed by atoms with Crippen molar-refractivity contribution in [2.24, 2.45) is 0 Å². The van der Waals surface area contributed by atoms with Gasteiger partial charge in [-0.05, 0) is 25.8 Å². The third-order valence-electron chi connectivity index (χ3n) is 3.48. The largest absolute Gasteiger partial charge is 0.393 e. The molecule has 0 unspecified atom stereocenters. The number of anilines is 2. The van der Waals surface area contributed by atoms with Gasteiger partial charge in [0, 0.05) is 25.0 Å². The lowest BCUT2D eigenvalue weighted by Crippen LogP contribution is -2.36. The van der Waals surface area contributed by atoms with Crippen molar-refractivity contribution in [1.29, 1.82) is 0 Å². The standard InChI is InChI=1S/C13H18N4OS/c1-8-7-10-11(17-5-3-9(18)4-6-17)15-13(14-2)16-12(10)19-8/h7,9,18H,3-6H2,1-2H3,(H,14,15,16). The van der Waals surface area contributed by atoms with Crippen LogP contribution in [0.15, 0.2) is 6.07 Å². The number of aliphatic hydroxyl groups is 1. The van der Waals surface area contributed by atoms with Gasteiger partial charge < -0.3 is 15.3 Å². The van der Waals surface area contributed by atoms with Gasteiger partial charge in [-0.3, -0.25) is 0 Å². The van der Waals surface area contributed by atoms with E-state index in [2.05, 4.69) is 33.2 Å². The number of fused-ring (bicyclic) bond motifs is 1. The molecule has 6 heteroatoms. The van der Waals surface area contributed by atoms with Crippen molar-refractivity contribution in [3.8, 4) is 0 Å². The predicted molar refractivity (Wildman–Crippen MR) is 79.2 cm³/mol. The summed E-state index contributed by atoms with van der Waals surface area (Å²) in [4.78, 5) is 13.6. The van der Waals surface area contributed by atoms with Crippen molar-refractivity contribution in [3.63, 3.8) is 0 Å². The lowest BCUT2D eigenvalue weighted by molar-refractivity contribution is 0.145. The molecule has 0 saturated carbocycles. The molecule has 1 aliphatic heterocycles. The number of hydrogen-bond acceptors (Lipinski definition) is 6. The number of thiophene rings is 1. The van der Waals surface area contributed by atoms with E-state index < -0.39 is 0 Å². The summed E-state index contributed by atoms with van der Waals surface area (Å²) in [5.41, 5.74) is 0. The summed E-state index contributed by atoms with van der Waals surface area (Å²) in [6.07, 6.45) is 1.45. The third-order valence-corrected chi connectivity index (χ3v) is 4.43. The molecular weight excluding hydrogens is 260 g/mol. The Kier molecular flexibility index (Phi) is 3.28. The van der Waals surface area contributed by atoms with Crippen LogP contribution in [0.3, 0.4) is 0 Å². The van der Waals surface area contributed by atoms with Crippen LogP contribution < -0.4 is 10.2 Å². The maximum absolute atomic E-state index is 9.62. The Morgan fingerprint density at radius 1 is 1.37 bits per heavy atom. The Morgan fingerprint density at radius 3 is 2.79 bits per heavy atom. The van der Waals surface area contributed by atoms with Gasteiger partial charge in [-0.15, -0.1) is 11.3 Å². The summed E-state index contributed by atoms with van der Waals surface area (Å²) in [5, 5.41) is 13.8. The molecular formula is C13H18N4OS. The summed E-state index contributed by atoms with van der Waals surface area (Å²) < 4.78 is 0. The van der Waals surface area contributed by atoms with Crippen molar-refractivity contribution in [2.75, 3.05) is 30.4 Å².